The third-order valence-corrected chi connectivity index (χ3v) is 10.00. The summed E-state index contributed by atoms with van der Waals surface area (Å²) in [4.78, 5) is 36.0. The van der Waals surface area contributed by atoms with Gasteiger partial charge in [0.15, 0.2) is 0 Å². The van der Waals surface area contributed by atoms with Crippen molar-refractivity contribution in [3.63, 3.8) is 0 Å². The van der Waals surface area contributed by atoms with Gasteiger partial charge in [-0.3, -0.25) is 14.3 Å². The standard InChI is InChI=1S/C35H44BrFN10O3S/c36-26-21-41-35(46-33(26)45-29-8-4-7-27(37)31(29)32(40)48)44-23-9-11-25(12-10-23)51-42-17-20-50-24-15-18-47(19-16-24)30(39)14-13-28(38)34(49)43-22-5-2-1-3-6-22/h4,7-14,21-22,24,42H,1-3,5-6,15-20,38-39H2,(H2,40,48)(H,43,49)(H2,41,44,45,46)/b28-13-,30-14+. The van der Waals surface area contributed by atoms with Gasteiger partial charge in [0.2, 0.25) is 5.95 Å². The fourth-order valence-electron chi connectivity index (χ4n) is 5.81. The van der Waals surface area contributed by atoms with E-state index in [2.05, 4.69) is 51.5 Å². The van der Waals surface area contributed by atoms with Crippen LogP contribution < -0.4 is 37.9 Å². The molecule has 2 heterocycles. The van der Waals surface area contributed by atoms with Gasteiger partial charge in [-0.1, -0.05) is 25.3 Å². The van der Waals surface area contributed by atoms with Crippen LogP contribution in [0.5, 0.6) is 0 Å². The number of primary amides is 1. The average Bonchev–Trinajstić information content (AvgIpc) is 3.13. The molecular formula is C35H44BrFN10O3S. The van der Waals surface area contributed by atoms with Gasteiger partial charge in [0.1, 0.15) is 11.6 Å². The van der Waals surface area contributed by atoms with Crippen molar-refractivity contribution in [2.45, 2.75) is 62.0 Å². The lowest BCUT2D eigenvalue weighted by Gasteiger charge is -2.33. The highest BCUT2D eigenvalue weighted by Gasteiger charge is 2.21. The van der Waals surface area contributed by atoms with Crippen LogP contribution in [0.3, 0.4) is 0 Å². The first-order valence-corrected chi connectivity index (χ1v) is 18.5. The molecule has 2 aliphatic rings. The molecular weight excluding hydrogens is 739 g/mol. The van der Waals surface area contributed by atoms with Crippen LogP contribution in [-0.4, -0.2) is 65.1 Å². The topological polar surface area (TPSA) is 199 Å². The van der Waals surface area contributed by atoms with Crippen LogP contribution >= 0.6 is 27.9 Å². The monoisotopic (exact) mass is 782 g/mol. The number of carbonyl (C=O) groups excluding carboxylic acids is 2. The lowest BCUT2D eigenvalue weighted by molar-refractivity contribution is -0.118. The number of hydrogen-bond acceptors (Lipinski definition) is 12. The molecule has 1 saturated carbocycles. The number of nitrogens with two attached hydrogens (primary N) is 3. The molecule has 5 rings (SSSR count). The number of nitrogens with one attached hydrogen (secondary N) is 4. The van der Waals surface area contributed by atoms with E-state index in [0.717, 1.165) is 62.2 Å². The first-order valence-electron chi connectivity index (χ1n) is 16.9. The summed E-state index contributed by atoms with van der Waals surface area (Å²) in [5, 5.41) is 9.12. The van der Waals surface area contributed by atoms with Crippen LogP contribution in [0.15, 0.2) is 81.7 Å². The van der Waals surface area contributed by atoms with Crippen molar-refractivity contribution < 1.29 is 18.7 Å². The van der Waals surface area contributed by atoms with E-state index >= 15 is 0 Å². The first kappa shape index (κ1) is 37.9. The van der Waals surface area contributed by atoms with Gasteiger partial charge >= 0.3 is 0 Å². The molecule has 0 unspecified atom stereocenters. The first-order chi connectivity index (χ1) is 24.7. The predicted octanol–water partition coefficient (Wildman–Crippen LogP) is 5.13. The number of aromatic nitrogens is 2. The van der Waals surface area contributed by atoms with Gasteiger partial charge in [0, 0.05) is 42.5 Å². The van der Waals surface area contributed by atoms with Gasteiger partial charge in [-0.2, -0.15) is 4.98 Å². The van der Waals surface area contributed by atoms with E-state index in [1.165, 1.54) is 30.5 Å². The summed E-state index contributed by atoms with van der Waals surface area (Å²) < 4.78 is 24.1. The van der Waals surface area contributed by atoms with E-state index in [1.54, 1.807) is 24.4 Å². The van der Waals surface area contributed by atoms with Crippen molar-refractivity contribution in [3.05, 3.63) is 88.2 Å². The molecule has 0 radical (unpaired) electrons. The lowest BCUT2D eigenvalue weighted by atomic mass is 9.95. The Bertz CT molecular complexity index is 1710. The minimum atomic E-state index is -0.889. The molecule has 0 bridgehead atoms. The zero-order valence-electron chi connectivity index (χ0n) is 28.2. The molecule has 2 amide bonds. The van der Waals surface area contributed by atoms with E-state index < -0.39 is 11.7 Å². The zero-order chi connectivity index (χ0) is 36.2. The minimum Gasteiger partial charge on any atom is -0.394 e. The van der Waals surface area contributed by atoms with Crippen molar-refractivity contribution in [1.29, 1.82) is 0 Å². The number of allylic oxidation sites excluding steroid dienone is 2. The van der Waals surface area contributed by atoms with Crippen molar-refractivity contribution in [1.82, 2.24) is 24.9 Å². The second kappa shape index (κ2) is 18.7. The molecule has 1 saturated heterocycles. The fraction of sp³-hybridized carbons (Fsp3) is 0.371. The van der Waals surface area contributed by atoms with Gasteiger partial charge in [0.25, 0.3) is 11.8 Å². The number of amides is 2. The van der Waals surface area contributed by atoms with Crippen LogP contribution in [-0.2, 0) is 9.53 Å². The van der Waals surface area contributed by atoms with Gasteiger partial charge in [-0.05, 0) is 102 Å². The predicted molar refractivity (Wildman–Crippen MR) is 202 cm³/mol. The molecule has 10 N–H and O–H groups in total. The Morgan fingerprint density at radius 3 is 2.47 bits per heavy atom. The number of carbonyl (C=O) groups is 2. The third kappa shape index (κ3) is 11.3. The summed E-state index contributed by atoms with van der Waals surface area (Å²) in [7, 11) is 0. The molecule has 3 aromatic rings. The Balaban J connectivity index is 0.994. The molecule has 0 atom stereocenters. The van der Waals surface area contributed by atoms with Gasteiger partial charge < -0.3 is 42.8 Å². The highest BCUT2D eigenvalue weighted by molar-refractivity contribution is 9.10. The van der Waals surface area contributed by atoms with Crippen LogP contribution in [0, 0.1) is 5.82 Å². The molecule has 1 aromatic heterocycles. The molecule has 1 aliphatic heterocycles. The Hall–Kier alpha value is -4.38. The Labute approximate surface area is 309 Å². The van der Waals surface area contributed by atoms with E-state index in [-0.39, 0.29) is 35.0 Å². The van der Waals surface area contributed by atoms with Crippen molar-refractivity contribution in [2.24, 2.45) is 17.2 Å². The number of likely N-dealkylation sites (tertiary alicyclic amines) is 1. The summed E-state index contributed by atoms with van der Waals surface area (Å²) in [5.41, 5.74) is 18.5. The second-order valence-corrected chi connectivity index (χ2v) is 14.1. The number of benzene rings is 2. The Morgan fingerprint density at radius 1 is 1.00 bits per heavy atom. The minimum absolute atomic E-state index is 0.156. The van der Waals surface area contributed by atoms with E-state index in [9.17, 15) is 14.0 Å². The maximum absolute atomic E-state index is 14.2. The van der Waals surface area contributed by atoms with Crippen molar-refractivity contribution in [2.75, 3.05) is 36.9 Å². The second-order valence-electron chi connectivity index (χ2n) is 12.3. The van der Waals surface area contributed by atoms with E-state index in [4.69, 9.17) is 21.9 Å². The Morgan fingerprint density at radius 2 is 1.75 bits per heavy atom. The molecule has 272 valence electrons. The smallest absolute Gasteiger partial charge is 0.267 e. The molecule has 0 spiro atoms. The van der Waals surface area contributed by atoms with Gasteiger partial charge in [0.05, 0.1) is 40.0 Å². The molecule has 2 aromatic carbocycles. The number of rotatable bonds is 15. The normalized spacial score (nSPS) is 16.2. The van der Waals surface area contributed by atoms with Gasteiger partial charge in [-0.25, -0.2) is 9.37 Å². The summed E-state index contributed by atoms with van der Waals surface area (Å²) in [6.45, 7) is 2.78. The number of nitrogens with zero attached hydrogens (tertiary/aromatic N) is 3. The highest BCUT2D eigenvalue weighted by atomic mass is 79.9. The van der Waals surface area contributed by atoms with Crippen LogP contribution in [0.1, 0.15) is 55.3 Å². The molecule has 1 aliphatic carbocycles. The quantitative estimate of drug-likeness (QED) is 0.0465. The molecule has 2 fully saturated rings. The van der Waals surface area contributed by atoms with Crippen molar-refractivity contribution in [3.8, 4) is 0 Å². The summed E-state index contributed by atoms with van der Waals surface area (Å²) in [6.07, 6.45) is 12.2. The number of hydrogen-bond donors (Lipinski definition) is 7. The number of ether oxygens (including phenoxy) is 1. The number of piperidine rings is 1. The van der Waals surface area contributed by atoms with Crippen LogP contribution in [0.4, 0.5) is 27.5 Å². The summed E-state index contributed by atoms with van der Waals surface area (Å²) >= 11 is 4.89. The average molecular weight is 784 g/mol. The highest BCUT2D eigenvalue weighted by Crippen LogP contribution is 2.28. The van der Waals surface area contributed by atoms with E-state index in [1.807, 2.05) is 24.3 Å². The Kier molecular flexibility index (Phi) is 13.9. The zero-order valence-corrected chi connectivity index (χ0v) is 30.6. The molecule has 16 heteroatoms. The maximum atomic E-state index is 14.2. The van der Waals surface area contributed by atoms with Crippen LogP contribution in [0.25, 0.3) is 0 Å². The molecule has 51 heavy (non-hydrogen) atoms. The fourth-order valence-corrected chi connectivity index (χ4v) is 6.73. The number of halogens is 2. The summed E-state index contributed by atoms with van der Waals surface area (Å²) in [6, 6.07) is 12.1. The van der Waals surface area contributed by atoms with Gasteiger partial charge in [-0.15, -0.1) is 0 Å². The SMILES string of the molecule is NC(=O)c1c(F)cccc1Nc1nc(Nc2ccc(SNCCOC3CCN(/C(N)=C/C=C(\N)C(=O)NC4CCCCC4)CC3)cc2)ncc1Br. The summed E-state index contributed by atoms with van der Waals surface area (Å²) in [5.74, 6) is -0.628. The van der Waals surface area contributed by atoms with E-state index in [0.29, 0.717) is 35.2 Å². The largest absolute Gasteiger partial charge is 0.394 e. The van der Waals surface area contributed by atoms with Crippen molar-refractivity contribution >= 4 is 62.8 Å². The molecule has 13 nitrogen and oxygen atoms in total. The third-order valence-electron chi connectivity index (χ3n) is 8.56. The maximum Gasteiger partial charge on any atom is 0.267 e. The van der Waals surface area contributed by atoms with Crippen LogP contribution in [0.2, 0.25) is 0 Å². The number of anilines is 4. The lowest BCUT2D eigenvalue weighted by Crippen LogP contribution is -2.39.